The van der Waals surface area contributed by atoms with Crippen molar-refractivity contribution in [2.24, 2.45) is 0 Å². The lowest BCUT2D eigenvalue weighted by Gasteiger charge is -2.16. The van der Waals surface area contributed by atoms with Gasteiger partial charge in [-0.1, -0.05) is 19.1 Å². The highest BCUT2D eigenvalue weighted by Crippen LogP contribution is 2.26. The molecule has 1 heterocycles. The Kier molecular flexibility index (Phi) is 4.35. The molecule has 1 aliphatic rings. The maximum atomic E-state index is 11.3. The van der Waals surface area contributed by atoms with Crippen molar-refractivity contribution in [3.05, 3.63) is 29.8 Å². The smallest absolute Gasteiger partial charge is 0.175 e. The molecule has 2 rings (SSSR count). The van der Waals surface area contributed by atoms with Gasteiger partial charge in [0.15, 0.2) is 9.84 Å². The first-order valence-electron chi connectivity index (χ1n) is 6.11. The third-order valence-corrected chi connectivity index (χ3v) is 5.75. The molecule has 3 nitrogen and oxygen atoms in total. The molecule has 0 radical (unpaired) electrons. The van der Waals surface area contributed by atoms with Gasteiger partial charge in [-0.05, 0) is 29.9 Å². The largest absolute Gasteiger partial charge is 0.309 e. The Hall–Kier alpha value is -0.520. The molecule has 1 saturated heterocycles. The molecule has 2 atom stereocenters. The van der Waals surface area contributed by atoms with Crippen molar-refractivity contribution in [2.45, 2.75) is 36.1 Å². The van der Waals surface area contributed by atoms with Crippen molar-refractivity contribution in [3.63, 3.8) is 0 Å². The second-order valence-electron chi connectivity index (χ2n) is 4.77. The SMILES string of the molecule is CC1SCCC1NCc1ccc(S(C)(=O)=O)cc1. The molecule has 0 aliphatic carbocycles. The van der Waals surface area contributed by atoms with Crippen molar-refractivity contribution in [2.75, 3.05) is 12.0 Å². The maximum absolute atomic E-state index is 11.3. The van der Waals surface area contributed by atoms with Crippen molar-refractivity contribution in [3.8, 4) is 0 Å². The van der Waals surface area contributed by atoms with Crippen LogP contribution in [0.3, 0.4) is 0 Å². The minimum absolute atomic E-state index is 0.385. The molecule has 1 aromatic carbocycles. The van der Waals surface area contributed by atoms with Gasteiger partial charge in [0.25, 0.3) is 0 Å². The van der Waals surface area contributed by atoms with E-state index in [1.165, 1.54) is 18.4 Å². The fourth-order valence-corrected chi connectivity index (χ4v) is 3.96. The third-order valence-electron chi connectivity index (χ3n) is 3.30. The van der Waals surface area contributed by atoms with E-state index in [1.54, 1.807) is 12.1 Å². The Morgan fingerprint density at radius 3 is 2.50 bits per heavy atom. The number of hydrogen-bond donors (Lipinski definition) is 1. The highest BCUT2D eigenvalue weighted by Gasteiger charge is 2.22. The first kappa shape index (κ1) is 13.9. The molecule has 0 bridgehead atoms. The lowest BCUT2D eigenvalue weighted by molar-refractivity contribution is 0.513. The van der Waals surface area contributed by atoms with E-state index in [2.05, 4.69) is 12.2 Å². The van der Waals surface area contributed by atoms with Crippen LogP contribution in [0, 0.1) is 0 Å². The lowest BCUT2D eigenvalue weighted by Crippen LogP contribution is -2.32. The summed E-state index contributed by atoms with van der Waals surface area (Å²) in [7, 11) is -3.08. The topological polar surface area (TPSA) is 46.2 Å². The number of sulfone groups is 1. The summed E-state index contributed by atoms with van der Waals surface area (Å²) in [6.45, 7) is 3.06. The first-order valence-corrected chi connectivity index (χ1v) is 9.05. The molecule has 1 aliphatic heterocycles. The van der Waals surface area contributed by atoms with Crippen LogP contribution in [0.4, 0.5) is 0 Å². The molecule has 5 heteroatoms. The average molecular weight is 285 g/mol. The van der Waals surface area contributed by atoms with E-state index in [4.69, 9.17) is 0 Å². The first-order chi connectivity index (χ1) is 8.47. The van der Waals surface area contributed by atoms with Crippen LogP contribution in [0.1, 0.15) is 18.9 Å². The van der Waals surface area contributed by atoms with Gasteiger partial charge in [0.05, 0.1) is 4.90 Å². The summed E-state index contributed by atoms with van der Waals surface area (Å²) >= 11 is 2.00. The summed E-state index contributed by atoms with van der Waals surface area (Å²) in [4.78, 5) is 0.385. The van der Waals surface area contributed by atoms with Crippen LogP contribution in [0.15, 0.2) is 29.2 Å². The molecule has 18 heavy (non-hydrogen) atoms. The van der Waals surface area contributed by atoms with Crippen LogP contribution in [0.5, 0.6) is 0 Å². The van der Waals surface area contributed by atoms with Crippen LogP contribution >= 0.6 is 11.8 Å². The van der Waals surface area contributed by atoms with Gasteiger partial charge >= 0.3 is 0 Å². The van der Waals surface area contributed by atoms with Crippen LogP contribution in [-0.2, 0) is 16.4 Å². The van der Waals surface area contributed by atoms with E-state index in [-0.39, 0.29) is 0 Å². The normalized spacial score (nSPS) is 24.3. The third kappa shape index (κ3) is 3.49. The zero-order valence-electron chi connectivity index (χ0n) is 10.7. The Morgan fingerprint density at radius 1 is 1.33 bits per heavy atom. The zero-order valence-corrected chi connectivity index (χ0v) is 12.4. The molecule has 1 N–H and O–H groups in total. The van der Waals surface area contributed by atoms with Gasteiger partial charge < -0.3 is 5.32 Å². The number of thioether (sulfide) groups is 1. The molecular formula is C13H19NO2S2. The van der Waals surface area contributed by atoms with E-state index in [0.717, 1.165) is 12.1 Å². The Labute approximate surface area is 113 Å². The summed E-state index contributed by atoms with van der Waals surface area (Å²) in [6.07, 6.45) is 2.45. The molecule has 1 fully saturated rings. The van der Waals surface area contributed by atoms with Crippen LogP contribution < -0.4 is 5.32 Å². The van der Waals surface area contributed by atoms with Gasteiger partial charge in [-0.2, -0.15) is 11.8 Å². The maximum Gasteiger partial charge on any atom is 0.175 e. The predicted molar refractivity (Wildman–Crippen MR) is 76.7 cm³/mol. The van der Waals surface area contributed by atoms with Gasteiger partial charge in [-0.15, -0.1) is 0 Å². The van der Waals surface area contributed by atoms with Gasteiger partial charge in [0.2, 0.25) is 0 Å². The van der Waals surface area contributed by atoms with Gasteiger partial charge in [0, 0.05) is 24.1 Å². The minimum Gasteiger partial charge on any atom is -0.309 e. The molecule has 0 saturated carbocycles. The van der Waals surface area contributed by atoms with Gasteiger partial charge in [-0.3, -0.25) is 0 Å². The van der Waals surface area contributed by atoms with E-state index in [9.17, 15) is 8.42 Å². The van der Waals surface area contributed by atoms with E-state index in [1.807, 2.05) is 23.9 Å². The fourth-order valence-electron chi connectivity index (χ4n) is 2.10. The predicted octanol–water partition coefficient (Wildman–Crippen LogP) is 2.07. The molecular weight excluding hydrogens is 266 g/mol. The Morgan fingerprint density at radius 2 is 2.00 bits per heavy atom. The second-order valence-corrected chi connectivity index (χ2v) is 8.27. The summed E-state index contributed by atoms with van der Waals surface area (Å²) in [5.74, 6) is 1.23. The second kappa shape index (κ2) is 5.63. The van der Waals surface area contributed by atoms with Crippen LogP contribution in [0.2, 0.25) is 0 Å². The zero-order chi connectivity index (χ0) is 13.2. The summed E-state index contributed by atoms with van der Waals surface area (Å²) < 4.78 is 22.7. The molecule has 0 aromatic heterocycles. The quantitative estimate of drug-likeness (QED) is 0.920. The molecule has 2 unspecified atom stereocenters. The molecule has 100 valence electrons. The number of benzene rings is 1. The van der Waals surface area contributed by atoms with Gasteiger partial charge in [-0.25, -0.2) is 8.42 Å². The van der Waals surface area contributed by atoms with Gasteiger partial charge in [0.1, 0.15) is 0 Å². The van der Waals surface area contributed by atoms with Crippen molar-refractivity contribution < 1.29 is 8.42 Å². The van der Waals surface area contributed by atoms with Crippen LogP contribution in [-0.4, -0.2) is 31.7 Å². The number of rotatable bonds is 4. The highest BCUT2D eigenvalue weighted by molar-refractivity contribution is 8.00. The number of nitrogens with one attached hydrogen (secondary N) is 1. The van der Waals surface area contributed by atoms with Crippen molar-refractivity contribution >= 4 is 21.6 Å². The lowest BCUT2D eigenvalue weighted by atomic mass is 10.1. The Balaban J connectivity index is 1.94. The van der Waals surface area contributed by atoms with Crippen molar-refractivity contribution in [1.29, 1.82) is 0 Å². The van der Waals surface area contributed by atoms with Crippen LogP contribution in [0.25, 0.3) is 0 Å². The monoisotopic (exact) mass is 285 g/mol. The highest BCUT2D eigenvalue weighted by atomic mass is 32.2. The summed E-state index contributed by atoms with van der Waals surface area (Å²) in [6, 6.07) is 7.70. The fraction of sp³-hybridized carbons (Fsp3) is 0.538. The minimum atomic E-state index is -3.08. The standard InChI is InChI=1S/C13H19NO2S2/c1-10-13(7-8-17-10)14-9-11-3-5-12(6-4-11)18(2,15)16/h3-6,10,13-14H,7-9H2,1-2H3. The molecule has 1 aromatic rings. The van der Waals surface area contributed by atoms with E-state index >= 15 is 0 Å². The summed E-state index contributed by atoms with van der Waals surface area (Å²) in [5, 5.41) is 4.20. The average Bonchev–Trinajstić information content (AvgIpc) is 2.72. The van der Waals surface area contributed by atoms with E-state index in [0.29, 0.717) is 16.2 Å². The molecule has 0 amide bonds. The van der Waals surface area contributed by atoms with Crippen molar-refractivity contribution in [1.82, 2.24) is 5.32 Å². The molecule has 0 spiro atoms. The summed E-state index contributed by atoms with van der Waals surface area (Å²) in [5.41, 5.74) is 1.13. The number of hydrogen-bond acceptors (Lipinski definition) is 4. The van der Waals surface area contributed by atoms with E-state index < -0.39 is 9.84 Å². The Bertz CT molecular complexity index is 496.